The Morgan fingerprint density at radius 3 is 1.92 bits per heavy atom. The predicted molar refractivity (Wildman–Crippen MR) is 204 cm³/mol. The summed E-state index contributed by atoms with van der Waals surface area (Å²) in [4.78, 5) is 10.1. The number of aromatic nitrogens is 4. The first-order chi connectivity index (χ1) is 24.8. The van der Waals surface area contributed by atoms with Gasteiger partial charge in [-0.15, -0.1) is 0 Å². The van der Waals surface area contributed by atoms with Crippen molar-refractivity contribution >= 4 is 54.5 Å². The van der Waals surface area contributed by atoms with Crippen molar-refractivity contribution in [3.63, 3.8) is 0 Å². The maximum Gasteiger partial charge on any atom is 0.160 e. The Labute approximate surface area is 287 Å². The summed E-state index contributed by atoms with van der Waals surface area (Å²) in [6, 6.07) is 58.9. The molecule has 0 atom stereocenters. The summed E-state index contributed by atoms with van der Waals surface area (Å²) in [5.74, 6) is 0.664. The molecule has 0 saturated heterocycles. The van der Waals surface area contributed by atoms with E-state index in [1.807, 2.05) is 66.7 Å². The maximum absolute atomic E-state index is 10.6. The molecule has 0 bridgehead atoms. The lowest BCUT2D eigenvalue weighted by atomic mass is 10.0. The molecule has 0 aliphatic heterocycles. The van der Waals surface area contributed by atoms with E-state index in [0.717, 1.165) is 82.7 Å². The van der Waals surface area contributed by atoms with Gasteiger partial charge in [0.2, 0.25) is 0 Å². The Balaban J connectivity index is 1.33. The molecule has 0 amide bonds. The summed E-state index contributed by atoms with van der Waals surface area (Å²) in [6.07, 6.45) is 0. The van der Waals surface area contributed by atoms with Gasteiger partial charge in [0, 0.05) is 43.7 Å². The molecule has 0 spiro atoms. The average Bonchev–Trinajstić information content (AvgIpc) is 3.71. The topological polar surface area (TPSA) is 59.4 Å². The van der Waals surface area contributed by atoms with Crippen LogP contribution in [0.25, 0.3) is 88.5 Å². The highest BCUT2D eigenvalue weighted by Crippen LogP contribution is 2.43. The fourth-order valence-corrected chi connectivity index (χ4v) is 7.59. The number of hydrogen-bond donors (Lipinski definition) is 0. The van der Waals surface area contributed by atoms with Crippen molar-refractivity contribution < 1.29 is 0 Å². The third-order valence-corrected chi connectivity index (χ3v) is 9.75. The zero-order valence-electron chi connectivity index (χ0n) is 26.8. The van der Waals surface area contributed by atoms with E-state index < -0.39 is 0 Å². The molecule has 232 valence electrons. The fourth-order valence-electron chi connectivity index (χ4n) is 7.59. The van der Waals surface area contributed by atoms with Gasteiger partial charge in [-0.25, -0.2) is 9.97 Å². The second-order valence-corrected chi connectivity index (χ2v) is 12.5. The molecule has 0 radical (unpaired) electrons. The molecule has 0 saturated carbocycles. The van der Waals surface area contributed by atoms with Crippen LogP contribution in [0.15, 0.2) is 164 Å². The van der Waals surface area contributed by atoms with Crippen molar-refractivity contribution in [3.05, 3.63) is 169 Å². The van der Waals surface area contributed by atoms with E-state index in [-0.39, 0.29) is 0 Å². The van der Waals surface area contributed by atoms with E-state index in [4.69, 9.17) is 9.97 Å². The van der Waals surface area contributed by atoms with Crippen LogP contribution in [0.4, 0.5) is 0 Å². The van der Waals surface area contributed by atoms with Crippen molar-refractivity contribution in [2.45, 2.75) is 0 Å². The molecule has 0 unspecified atom stereocenters. The number of para-hydroxylation sites is 4. The number of hydrogen-bond acceptors (Lipinski definition) is 3. The summed E-state index contributed by atoms with van der Waals surface area (Å²) in [5, 5.41) is 16.2. The molecular weight excluding hydrogens is 611 g/mol. The van der Waals surface area contributed by atoms with Gasteiger partial charge >= 0.3 is 0 Å². The molecule has 7 aromatic carbocycles. The molecule has 5 heteroatoms. The van der Waals surface area contributed by atoms with Crippen molar-refractivity contribution in [2.75, 3.05) is 0 Å². The Hall–Kier alpha value is -7.03. The largest absolute Gasteiger partial charge is 0.309 e. The van der Waals surface area contributed by atoms with Gasteiger partial charge in [0.25, 0.3) is 0 Å². The van der Waals surface area contributed by atoms with Crippen LogP contribution in [0.3, 0.4) is 0 Å². The van der Waals surface area contributed by atoms with Gasteiger partial charge in [0.05, 0.1) is 44.5 Å². The highest BCUT2D eigenvalue weighted by atomic mass is 15.0. The number of nitriles is 1. The van der Waals surface area contributed by atoms with Gasteiger partial charge in [-0.1, -0.05) is 115 Å². The standard InChI is InChI=1S/C45H27N5/c46-28-31-24-23-30(43-35-18-7-10-20-37(35)47-45(48-43)29-13-3-1-4-14-29)27-41(31)50-38-21-11-8-17-33(38)34-25-26-40-42(44(34)50)36-19-9-12-22-39(36)49(40)32-15-5-2-6-16-32/h1-27H. The van der Waals surface area contributed by atoms with Gasteiger partial charge in [0.15, 0.2) is 5.82 Å². The lowest BCUT2D eigenvalue weighted by Gasteiger charge is -2.14. The minimum absolute atomic E-state index is 0.585. The first-order valence-electron chi connectivity index (χ1n) is 16.7. The molecule has 0 aliphatic carbocycles. The first-order valence-corrected chi connectivity index (χ1v) is 16.7. The molecule has 50 heavy (non-hydrogen) atoms. The Kier molecular flexibility index (Phi) is 6.17. The van der Waals surface area contributed by atoms with Crippen LogP contribution in [0.5, 0.6) is 0 Å². The zero-order chi connectivity index (χ0) is 33.2. The third-order valence-electron chi connectivity index (χ3n) is 9.75. The first kappa shape index (κ1) is 28.0. The van der Waals surface area contributed by atoms with Gasteiger partial charge in [0.1, 0.15) is 6.07 Å². The normalized spacial score (nSPS) is 11.6. The Bertz CT molecular complexity index is 2980. The lowest BCUT2D eigenvalue weighted by Crippen LogP contribution is -2.00. The molecule has 5 nitrogen and oxygen atoms in total. The van der Waals surface area contributed by atoms with E-state index in [1.165, 1.54) is 0 Å². The van der Waals surface area contributed by atoms with Crippen molar-refractivity contribution in [2.24, 2.45) is 0 Å². The van der Waals surface area contributed by atoms with E-state index in [9.17, 15) is 5.26 Å². The lowest BCUT2D eigenvalue weighted by molar-refractivity contribution is 1.16. The third kappa shape index (κ3) is 4.12. The summed E-state index contributed by atoms with van der Waals surface area (Å²) >= 11 is 0. The molecular formula is C45H27N5. The van der Waals surface area contributed by atoms with Crippen LogP contribution in [-0.4, -0.2) is 19.1 Å². The molecule has 10 rings (SSSR count). The number of nitrogens with zero attached hydrogens (tertiary/aromatic N) is 5. The summed E-state index contributed by atoms with van der Waals surface area (Å²) < 4.78 is 4.63. The molecule has 10 aromatic rings. The maximum atomic E-state index is 10.6. The highest BCUT2D eigenvalue weighted by Gasteiger charge is 2.22. The Morgan fingerprint density at radius 2 is 1.14 bits per heavy atom. The molecule has 3 aromatic heterocycles. The van der Waals surface area contributed by atoms with Crippen LogP contribution < -0.4 is 0 Å². The SMILES string of the molecule is N#Cc1ccc(-c2nc(-c3ccccc3)nc3ccccc23)cc1-n1c2ccccc2c2ccc3c(c4ccccc4n3-c3ccccc3)c21. The van der Waals surface area contributed by atoms with E-state index in [2.05, 4.69) is 112 Å². The van der Waals surface area contributed by atoms with Gasteiger partial charge in [-0.05, 0) is 48.5 Å². The van der Waals surface area contributed by atoms with Crippen molar-refractivity contribution in [1.29, 1.82) is 5.26 Å². The van der Waals surface area contributed by atoms with E-state index >= 15 is 0 Å². The van der Waals surface area contributed by atoms with E-state index in [1.54, 1.807) is 0 Å². The predicted octanol–water partition coefficient (Wildman–Crippen LogP) is 11.0. The average molecular weight is 638 g/mol. The van der Waals surface area contributed by atoms with Crippen molar-refractivity contribution in [1.82, 2.24) is 19.1 Å². The van der Waals surface area contributed by atoms with Gasteiger partial charge in [-0.3, -0.25) is 0 Å². The van der Waals surface area contributed by atoms with Gasteiger partial charge < -0.3 is 9.13 Å². The Morgan fingerprint density at radius 1 is 0.480 bits per heavy atom. The van der Waals surface area contributed by atoms with Crippen molar-refractivity contribution in [3.8, 4) is 40.1 Å². The minimum Gasteiger partial charge on any atom is -0.309 e. The zero-order valence-corrected chi connectivity index (χ0v) is 26.8. The molecule has 0 N–H and O–H groups in total. The van der Waals surface area contributed by atoms with Crippen LogP contribution in [-0.2, 0) is 0 Å². The summed E-state index contributed by atoms with van der Waals surface area (Å²) in [5.41, 5.74) is 10.4. The van der Waals surface area contributed by atoms with Crippen LogP contribution >= 0.6 is 0 Å². The highest BCUT2D eigenvalue weighted by molar-refractivity contribution is 6.26. The number of fused-ring (bicyclic) bond motifs is 8. The van der Waals surface area contributed by atoms with Crippen LogP contribution in [0.2, 0.25) is 0 Å². The van der Waals surface area contributed by atoms with Crippen LogP contribution in [0.1, 0.15) is 5.56 Å². The molecule has 0 aliphatic rings. The van der Waals surface area contributed by atoms with Crippen LogP contribution in [0, 0.1) is 11.3 Å². The summed E-state index contributed by atoms with van der Waals surface area (Å²) in [6.45, 7) is 0. The van der Waals surface area contributed by atoms with Gasteiger partial charge in [-0.2, -0.15) is 5.26 Å². The second-order valence-electron chi connectivity index (χ2n) is 12.5. The smallest absolute Gasteiger partial charge is 0.160 e. The monoisotopic (exact) mass is 637 g/mol. The second kappa shape index (κ2) is 11.0. The molecule has 0 fully saturated rings. The van der Waals surface area contributed by atoms with E-state index in [0.29, 0.717) is 11.4 Å². The fraction of sp³-hybridized carbons (Fsp3) is 0. The summed E-state index contributed by atoms with van der Waals surface area (Å²) in [7, 11) is 0. The molecule has 3 heterocycles. The number of benzene rings is 7. The quantitative estimate of drug-likeness (QED) is 0.193. The minimum atomic E-state index is 0.585. The number of rotatable bonds is 4.